The van der Waals surface area contributed by atoms with Gasteiger partial charge in [0.05, 0.1) is 5.52 Å². The van der Waals surface area contributed by atoms with Crippen molar-refractivity contribution in [2.45, 2.75) is 20.3 Å². The van der Waals surface area contributed by atoms with Crippen molar-refractivity contribution in [1.82, 2.24) is 4.57 Å². The Morgan fingerprint density at radius 2 is 1.54 bits per heavy atom. The normalized spacial score (nSPS) is 12.9. The number of benzene rings is 3. The van der Waals surface area contributed by atoms with Crippen molar-refractivity contribution in [3.8, 4) is 16.8 Å². The molecule has 1 nitrogen and oxygen atoms in total. The zero-order chi connectivity index (χ0) is 19.1. The summed E-state index contributed by atoms with van der Waals surface area (Å²) in [5, 5.41) is 1.32. The van der Waals surface area contributed by atoms with Gasteiger partial charge in [-0.05, 0) is 54.3 Å². The average Bonchev–Trinajstić information content (AvgIpc) is 2.85. The zero-order valence-electron chi connectivity index (χ0n) is 16.3. The van der Waals surface area contributed by atoms with Crippen LogP contribution in [0.3, 0.4) is 0 Å². The Hall–Kier alpha value is -3.32. The lowest BCUT2D eigenvalue weighted by molar-refractivity contribution is 1.00. The first kappa shape index (κ1) is 16.8. The lowest BCUT2D eigenvalue weighted by Gasteiger charge is -2.15. The van der Waals surface area contributed by atoms with E-state index in [0.717, 1.165) is 6.42 Å². The Bertz CT molecular complexity index is 1250. The quantitative estimate of drug-likeness (QED) is 0.361. The molecule has 5 rings (SSSR count). The summed E-state index contributed by atoms with van der Waals surface area (Å²) in [6.45, 7) is 4.40. The second-order valence-electron chi connectivity index (χ2n) is 7.52. The average molecular weight is 361 g/mol. The fraction of sp³-hybridized carbons (Fsp3) is 0.111. The lowest BCUT2D eigenvalue weighted by Crippen LogP contribution is -2.01. The monoisotopic (exact) mass is 361 g/mol. The molecule has 136 valence electrons. The molecule has 0 aliphatic heterocycles. The van der Waals surface area contributed by atoms with Crippen molar-refractivity contribution >= 4 is 17.0 Å². The molecular formula is C27H23N. The molecule has 0 fully saturated rings. The molecule has 28 heavy (non-hydrogen) atoms. The maximum Gasteiger partial charge on any atom is 0.0537 e. The minimum Gasteiger partial charge on any atom is -0.313 e. The van der Waals surface area contributed by atoms with Gasteiger partial charge in [-0.3, -0.25) is 0 Å². The number of allylic oxidation sites excluding steroid dienone is 3. The summed E-state index contributed by atoms with van der Waals surface area (Å²) in [6, 6.07) is 24.2. The van der Waals surface area contributed by atoms with Crippen LogP contribution in [0.5, 0.6) is 0 Å². The third-order valence-electron chi connectivity index (χ3n) is 5.74. The summed E-state index contributed by atoms with van der Waals surface area (Å²) >= 11 is 0. The minimum absolute atomic E-state index is 0.940. The van der Waals surface area contributed by atoms with Gasteiger partial charge in [0.2, 0.25) is 0 Å². The van der Waals surface area contributed by atoms with Crippen LogP contribution in [0, 0.1) is 13.8 Å². The van der Waals surface area contributed by atoms with Crippen LogP contribution in [0.25, 0.3) is 33.8 Å². The summed E-state index contributed by atoms with van der Waals surface area (Å²) in [4.78, 5) is 0. The van der Waals surface area contributed by atoms with Crippen LogP contribution in [0.4, 0.5) is 0 Å². The van der Waals surface area contributed by atoms with Crippen LogP contribution in [0.1, 0.15) is 22.4 Å². The molecule has 1 heterocycles. The van der Waals surface area contributed by atoms with Crippen LogP contribution in [-0.2, 0) is 6.42 Å². The van der Waals surface area contributed by atoms with Gasteiger partial charge in [0.25, 0.3) is 0 Å². The molecule has 1 heteroatoms. The number of rotatable bonds is 2. The number of aromatic nitrogens is 1. The van der Waals surface area contributed by atoms with E-state index in [9.17, 15) is 0 Å². The van der Waals surface area contributed by atoms with Crippen molar-refractivity contribution in [3.05, 3.63) is 107 Å². The molecule has 1 aliphatic rings. The van der Waals surface area contributed by atoms with Gasteiger partial charge >= 0.3 is 0 Å². The van der Waals surface area contributed by atoms with Crippen LogP contribution in [0.2, 0.25) is 0 Å². The van der Waals surface area contributed by atoms with Gasteiger partial charge in [-0.25, -0.2) is 0 Å². The van der Waals surface area contributed by atoms with Gasteiger partial charge in [0.15, 0.2) is 0 Å². The predicted octanol–water partition coefficient (Wildman–Crippen LogP) is 7.04. The molecule has 0 radical (unpaired) electrons. The third-order valence-corrected chi connectivity index (χ3v) is 5.74. The Morgan fingerprint density at radius 3 is 2.39 bits per heavy atom. The maximum atomic E-state index is 2.43. The number of aryl methyl sites for hydroxylation is 2. The first-order chi connectivity index (χ1) is 13.7. The molecule has 4 aromatic rings. The van der Waals surface area contributed by atoms with E-state index in [0.29, 0.717) is 0 Å². The largest absolute Gasteiger partial charge is 0.313 e. The number of hydrogen-bond acceptors (Lipinski definition) is 0. The van der Waals surface area contributed by atoms with E-state index in [4.69, 9.17) is 0 Å². The first-order valence-corrected chi connectivity index (χ1v) is 9.86. The van der Waals surface area contributed by atoms with Gasteiger partial charge in [0, 0.05) is 28.8 Å². The van der Waals surface area contributed by atoms with Gasteiger partial charge in [-0.15, -0.1) is 0 Å². The SMILES string of the molecule is Cc1ccccc1-c1ccc(-n2c3c(c4ccccc42)C=CC=CC3)cc1C. The van der Waals surface area contributed by atoms with Crippen molar-refractivity contribution in [2.24, 2.45) is 0 Å². The number of fused-ring (bicyclic) bond motifs is 3. The van der Waals surface area contributed by atoms with E-state index in [2.05, 4.69) is 109 Å². The molecule has 0 amide bonds. The minimum atomic E-state index is 0.940. The summed E-state index contributed by atoms with van der Waals surface area (Å²) in [5.74, 6) is 0. The molecule has 0 spiro atoms. The number of hydrogen-bond donors (Lipinski definition) is 0. The Balaban J connectivity index is 1.73. The molecule has 0 saturated heterocycles. The molecule has 1 aliphatic carbocycles. The highest BCUT2D eigenvalue weighted by Gasteiger charge is 2.17. The highest BCUT2D eigenvalue weighted by Crippen LogP contribution is 2.34. The van der Waals surface area contributed by atoms with Crippen molar-refractivity contribution in [2.75, 3.05) is 0 Å². The molecule has 0 bridgehead atoms. The molecule has 0 unspecified atom stereocenters. The van der Waals surface area contributed by atoms with E-state index >= 15 is 0 Å². The van der Waals surface area contributed by atoms with Crippen molar-refractivity contribution in [1.29, 1.82) is 0 Å². The van der Waals surface area contributed by atoms with Crippen molar-refractivity contribution in [3.63, 3.8) is 0 Å². The van der Waals surface area contributed by atoms with Crippen LogP contribution < -0.4 is 0 Å². The molecule has 1 aromatic heterocycles. The smallest absolute Gasteiger partial charge is 0.0537 e. The molecule has 0 N–H and O–H groups in total. The molecule has 0 saturated carbocycles. The highest BCUT2D eigenvalue weighted by atomic mass is 15.0. The number of nitrogens with zero attached hydrogens (tertiary/aromatic N) is 1. The highest BCUT2D eigenvalue weighted by molar-refractivity contribution is 5.93. The third kappa shape index (κ3) is 2.63. The van der Waals surface area contributed by atoms with E-state index in [1.165, 1.54) is 50.1 Å². The predicted molar refractivity (Wildman–Crippen MR) is 120 cm³/mol. The second-order valence-corrected chi connectivity index (χ2v) is 7.52. The van der Waals surface area contributed by atoms with Crippen LogP contribution in [0.15, 0.2) is 85.0 Å². The lowest BCUT2D eigenvalue weighted by atomic mass is 9.96. The van der Waals surface area contributed by atoms with E-state index < -0.39 is 0 Å². The topological polar surface area (TPSA) is 4.93 Å². The second kappa shape index (κ2) is 6.69. The van der Waals surface area contributed by atoms with E-state index in [1.807, 2.05) is 0 Å². The van der Waals surface area contributed by atoms with Gasteiger partial charge in [-0.2, -0.15) is 0 Å². The molecule has 3 aromatic carbocycles. The zero-order valence-corrected chi connectivity index (χ0v) is 16.3. The number of para-hydroxylation sites is 1. The van der Waals surface area contributed by atoms with Gasteiger partial charge < -0.3 is 4.57 Å². The van der Waals surface area contributed by atoms with Crippen molar-refractivity contribution < 1.29 is 0 Å². The summed E-state index contributed by atoms with van der Waals surface area (Å²) in [7, 11) is 0. The Kier molecular flexibility index (Phi) is 4.02. The maximum absolute atomic E-state index is 2.43. The van der Waals surface area contributed by atoms with Gasteiger partial charge in [-0.1, -0.05) is 72.8 Å². The fourth-order valence-electron chi connectivity index (χ4n) is 4.37. The van der Waals surface area contributed by atoms with Crippen LogP contribution in [-0.4, -0.2) is 4.57 Å². The Morgan fingerprint density at radius 1 is 0.750 bits per heavy atom. The van der Waals surface area contributed by atoms with Crippen LogP contribution >= 0.6 is 0 Å². The summed E-state index contributed by atoms with van der Waals surface area (Å²) in [6.07, 6.45) is 9.72. The molecule has 0 atom stereocenters. The molecular weight excluding hydrogens is 338 g/mol. The first-order valence-electron chi connectivity index (χ1n) is 9.86. The van der Waals surface area contributed by atoms with Gasteiger partial charge in [0.1, 0.15) is 0 Å². The fourth-order valence-corrected chi connectivity index (χ4v) is 4.37. The van der Waals surface area contributed by atoms with E-state index in [1.54, 1.807) is 0 Å². The van der Waals surface area contributed by atoms with E-state index in [-0.39, 0.29) is 0 Å². The Labute approximate surface area is 166 Å². The standard InChI is InChI=1S/C27H23N/c1-19-10-6-7-11-22(19)23-17-16-21(18-20(23)2)28-26-14-5-3-4-12-24(26)25-13-8-9-15-27(25)28/h3-13,15-18H,14H2,1-2H3. The summed E-state index contributed by atoms with van der Waals surface area (Å²) < 4.78 is 2.43. The summed E-state index contributed by atoms with van der Waals surface area (Å²) in [5.41, 5.74) is 10.4.